The molecule has 3 N–H and O–H groups in total. The first-order valence-corrected chi connectivity index (χ1v) is 6.67. The average molecular weight is 277 g/mol. The molecule has 5 nitrogen and oxygen atoms in total. The number of benzene rings is 1. The largest absolute Gasteiger partial charge is 0.484 e. The van der Waals surface area contributed by atoms with Crippen LogP contribution in [0.3, 0.4) is 0 Å². The van der Waals surface area contributed by atoms with E-state index < -0.39 is 5.91 Å². The number of aryl methyl sites for hydroxylation is 1. The fraction of sp³-hybridized carbons (Fsp3) is 0.231. The molecule has 1 aromatic carbocycles. The molecule has 0 unspecified atom stereocenters. The minimum Gasteiger partial charge on any atom is -0.484 e. The van der Waals surface area contributed by atoms with Crippen LogP contribution in [0.4, 0.5) is 5.69 Å². The van der Waals surface area contributed by atoms with Crippen LogP contribution in [0.15, 0.2) is 29.6 Å². The number of amides is 1. The van der Waals surface area contributed by atoms with Crippen LogP contribution in [-0.2, 0) is 11.3 Å². The molecular formula is C13H15N3O2S. The van der Waals surface area contributed by atoms with Gasteiger partial charge in [0.25, 0.3) is 5.91 Å². The number of aromatic nitrogens is 1. The number of hydrogen-bond donors (Lipinski definition) is 2. The molecule has 0 aliphatic heterocycles. The molecule has 0 aliphatic rings. The molecule has 1 aromatic heterocycles. The number of primary amides is 1. The summed E-state index contributed by atoms with van der Waals surface area (Å²) in [5, 5.41) is 6.36. The lowest BCUT2D eigenvalue weighted by Crippen LogP contribution is -2.19. The van der Waals surface area contributed by atoms with Gasteiger partial charge in [0, 0.05) is 11.1 Å². The third kappa shape index (κ3) is 4.26. The second-order valence-corrected chi connectivity index (χ2v) is 5.05. The van der Waals surface area contributed by atoms with E-state index in [0.29, 0.717) is 12.3 Å². The van der Waals surface area contributed by atoms with Crippen LogP contribution in [0.1, 0.15) is 10.7 Å². The van der Waals surface area contributed by atoms with Crippen molar-refractivity contribution in [3.63, 3.8) is 0 Å². The number of nitrogens with one attached hydrogen (secondary N) is 1. The van der Waals surface area contributed by atoms with E-state index in [4.69, 9.17) is 10.5 Å². The summed E-state index contributed by atoms with van der Waals surface area (Å²) >= 11 is 1.64. The van der Waals surface area contributed by atoms with E-state index in [1.165, 1.54) is 0 Å². The minimum atomic E-state index is -0.485. The van der Waals surface area contributed by atoms with Crippen LogP contribution in [0.5, 0.6) is 5.75 Å². The maximum Gasteiger partial charge on any atom is 0.255 e. The summed E-state index contributed by atoms with van der Waals surface area (Å²) in [4.78, 5) is 15.0. The van der Waals surface area contributed by atoms with E-state index in [0.717, 1.165) is 16.4 Å². The molecular weight excluding hydrogens is 262 g/mol. The van der Waals surface area contributed by atoms with Gasteiger partial charge < -0.3 is 15.8 Å². The molecule has 0 radical (unpaired) electrons. The van der Waals surface area contributed by atoms with Crippen LogP contribution >= 0.6 is 11.3 Å². The third-order valence-corrected chi connectivity index (χ3v) is 3.20. The van der Waals surface area contributed by atoms with Gasteiger partial charge >= 0.3 is 0 Å². The van der Waals surface area contributed by atoms with Gasteiger partial charge in [0.15, 0.2) is 6.61 Å². The summed E-state index contributed by atoms with van der Waals surface area (Å²) < 4.78 is 5.18. The quantitative estimate of drug-likeness (QED) is 0.845. The zero-order valence-electron chi connectivity index (χ0n) is 10.6. The number of thiazole rings is 1. The number of carbonyl (C=O) groups excluding carboxylic acids is 1. The summed E-state index contributed by atoms with van der Waals surface area (Å²) in [6.45, 7) is 2.57. The molecule has 0 saturated carbocycles. The lowest BCUT2D eigenvalue weighted by Gasteiger charge is -2.07. The highest BCUT2D eigenvalue weighted by atomic mass is 32.1. The van der Waals surface area contributed by atoms with E-state index >= 15 is 0 Å². The van der Waals surface area contributed by atoms with Crippen LogP contribution in [0.25, 0.3) is 0 Å². The van der Waals surface area contributed by atoms with E-state index in [2.05, 4.69) is 10.3 Å². The predicted octanol–water partition coefficient (Wildman–Crippen LogP) is 1.93. The molecule has 0 bridgehead atoms. The van der Waals surface area contributed by atoms with Crippen molar-refractivity contribution in [2.75, 3.05) is 11.9 Å². The van der Waals surface area contributed by atoms with Crippen molar-refractivity contribution in [3.8, 4) is 5.75 Å². The number of hydrogen-bond acceptors (Lipinski definition) is 5. The van der Waals surface area contributed by atoms with Crippen LogP contribution in [0, 0.1) is 6.92 Å². The van der Waals surface area contributed by atoms with Crippen LogP contribution in [-0.4, -0.2) is 17.5 Å². The van der Waals surface area contributed by atoms with Crippen LogP contribution in [0.2, 0.25) is 0 Å². The SMILES string of the molecule is Cc1nc(CNc2ccc(OCC(N)=O)cc2)cs1. The summed E-state index contributed by atoms with van der Waals surface area (Å²) in [6.07, 6.45) is 0. The molecule has 0 saturated heterocycles. The summed E-state index contributed by atoms with van der Waals surface area (Å²) in [5.41, 5.74) is 7.00. The van der Waals surface area contributed by atoms with Crippen molar-refractivity contribution >= 4 is 22.9 Å². The van der Waals surface area contributed by atoms with Crippen molar-refractivity contribution in [1.82, 2.24) is 4.98 Å². The van der Waals surface area contributed by atoms with Gasteiger partial charge in [-0.1, -0.05) is 0 Å². The first kappa shape index (κ1) is 13.4. The lowest BCUT2D eigenvalue weighted by molar-refractivity contribution is -0.119. The topological polar surface area (TPSA) is 77.2 Å². The highest BCUT2D eigenvalue weighted by Gasteiger charge is 2.00. The predicted molar refractivity (Wildman–Crippen MR) is 75.3 cm³/mol. The van der Waals surface area contributed by atoms with Gasteiger partial charge in [-0.15, -0.1) is 11.3 Å². The second-order valence-electron chi connectivity index (χ2n) is 3.99. The summed E-state index contributed by atoms with van der Waals surface area (Å²) in [6, 6.07) is 7.35. The molecule has 2 aromatic rings. The first-order valence-electron chi connectivity index (χ1n) is 5.79. The van der Waals surface area contributed by atoms with Gasteiger partial charge in [-0.25, -0.2) is 4.98 Å². The third-order valence-electron chi connectivity index (χ3n) is 2.38. The van der Waals surface area contributed by atoms with Crippen molar-refractivity contribution in [2.24, 2.45) is 5.73 Å². The molecule has 0 spiro atoms. The molecule has 1 heterocycles. The Morgan fingerprint density at radius 2 is 2.16 bits per heavy atom. The number of carbonyl (C=O) groups is 1. The smallest absolute Gasteiger partial charge is 0.255 e. The molecule has 6 heteroatoms. The molecule has 0 aliphatic carbocycles. The van der Waals surface area contributed by atoms with Gasteiger partial charge in [0.05, 0.1) is 17.2 Å². The van der Waals surface area contributed by atoms with Gasteiger partial charge in [0.1, 0.15) is 5.75 Å². The highest BCUT2D eigenvalue weighted by Crippen LogP contribution is 2.16. The fourth-order valence-corrected chi connectivity index (χ4v) is 2.12. The Labute approximate surface area is 115 Å². The maximum absolute atomic E-state index is 10.6. The number of rotatable bonds is 6. The molecule has 0 fully saturated rings. The Bertz CT molecular complexity index is 551. The zero-order valence-corrected chi connectivity index (χ0v) is 11.4. The van der Waals surface area contributed by atoms with Gasteiger partial charge in [-0.2, -0.15) is 0 Å². The Morgan fingerprint density at radius 1 is 1.42 bits per heavy atom. The second kappa shape index (κ2) is 6.19. The van der Waals surface area contributed by atoms with Crippen LogP contribution < -0.4 is 15.8 Å². The first-order chi connectivity index (χ1) is 9.13. The lowest BCUT2D eigenvalue weighted by atomic mass is 10.3. The maximum atomic E-state index is 10.6. The average Bonchev–Trinajstić information content (AvgIpc) is 2.81. The van der Waals surface area contributed by atoms with Crippen molar-refractivity contribution in [3.05, 3.63) is 40.3 Å². The molecule has 2 rings (SSSR count). The fourth-order valence-electron chi connectivity index (χ4n) is 1.51. The number of anilines is 1. The summed E-state index contributed by atoms with van der Waals surface area (Å²) in [5.74, 6) is 0.134. The molecule has 1 amide bonds. The highest BCUT2D eigenvalue weighted by molar-refractivity contribution is 7.09. The molecule has 100 valence electrons. The number of nitrogens with two attached hydrogens (primary N) is 1. The monoisotopic (exact) mass is 277 g/mol. The van der Waals surface area contributed by atoms with Gasteiger partial charge in [-0.3, -0.25) is 4.79 Å². The van der Waals surface area contributed by atoms with Gasteiger partial charge in [-0.05, 0) is 31.2 Å². The number of nitrogens with zero attached hydrogens (tertiary/aromatic N) is 1. The number of ether oxygens (including phenoxy) is 1. The van der Waals surface area contributed by atoms with E-state index in [1.54, 1.807) is 23.5 Å². The van der Waals surface area contributed by atoms with Crippen molar-refractivity contribution in [2.45, 2.75) is 13.5 Å². The minimum absolute atomic E-state index is 0.106. The normalized spacial score (nSPS) is 10.2. The van der Waals surface area contributed by atoms with Gasteiger partial charge in [0.2, 0.25) is 0 Å². The standard InChI is InChI=1S/C13H15N3O2S/c1-9-16-11(8-19-9)6-15-10-2-4-12(5-3-10)18-7-13(14)17/h2-5,8,15H,6-7H2,1H3,(H2,14,17). The van der Waals surface area contributed by atoms with E-state index in [9.17, 15) is 4.79 Å². The Morgan fingerprint density at radius 3 is 2.74 bits per heavy atom. The molecule has 0 atom stereocenters. The Kier molecular flexibility index (Phi) is 4.35. The van der Waals surface area contributed by atoms with E-state index in [-0.39, 0.29) is 6.61 Å². The Hall–Kier alpha value is -2.08. The van der Waals surface area contributed by atoms with Crippen molar-refractivity contribution in [1.29, 1.82) is 0 Å². The summed E-state index contributed by atoms with van der Waals surface area (Å²) in [7, 11) is 0. The molecule has 19 heavy (non-hydrogen) atoms. The van der Waals surface area contributed by atoms with E-state index in [1.807, 2.05) is 24.4 Å². The zero-order chi connectivity index (χ0) is 13.7. The van der Waals surface area contributed by atoms with Crippen molar-refractivity contribution < 1.29 is 9.53 Å². The Balaban J connectivity index is 1.86.